The van der Waals surface area contributed by atoms with E-state index >= 15 is 0 Å². The first-order valence-corrected chi connectivity index (χ1v) is 8.54. The molecular formula is C16H20FNO3S. The number of hydrogen-bond donors (Lipinski definition) is 2. The lowest BCUT2D eigenvalue weighted by Gasteiger charge is -2.28. The van der Waals surface area contributed by atoms with E-state index in [0.717, 1.165) is 12.8 Å². The van der Waals surface area contributed by atoms with Crippen molar-refractivity contribution < 1.29 is 19.1 Å². The molecule has 1 aromatic carbocycles. The minimum absolute atomic E-state index is 0.0221. The van der Waals surface area contributed by atoms with Crippen molar-refractivity contribution in [3.05, 3.63) is 35.6 Å². The van der Waals surface area contributed by atoms with Gasteiger partial charge in [-0.1, -0.05) is 31.0 Å². The number of carboxylic acid groups (broad SMARTS) is 1. The number of hydrogen-bond acceptors (Lipinski definition) is 3. The zero-order chi connectivity index (χ0) is 16.0. The van der Waals surface area contributed by atoms with Gasteiger partial charge in [-0.25, -0.2) is 4.39 Å². The van der Waals surface area contributed by atoms with Gasteiger partial charge in [0.15, 0.2) is 0 Å². The van der Waals surface area contributed by atoms with Crippen LogP contribution in [-0.4, -0.2) is 35.0 Å². The topological polar surface area (TPSA) is 66.4 Å². The van der Waals surface area contributed by atoms with Crippen LogP contribution in [-0.2, 0) is 15.0 Å². The van der Waals surface area contributed by atoms with Crippen molar-refractivity contribution in [3.63, 3.8) is 0 Å². The highest BCUT2D eigenvalue weighted by atomic mass is 32.2. The summed E-state index contributed by atoms with van der Waals surface area (Å²) < 4.78 is 14.1. The molecule has 2 N–H and O–H groups in total. The lowest BCUT2D eigenvalue weighted by molar-refractivity contribution is -0.134. The molecule has 6 heteroatoms. The third-order valence-electron chi connectivity index (χ3n) is 4.04. The summed E-state index contributed by atoms with van der Waals surface area (Å²) in [6.45, 7) is 0.396. The molecule has 22 heavy (non-hydrogen) atoms. The van der Waals surface area contributed by atoms with E-state index < -0.39 is 11.4 Å². The first kappa shape index (κ1) is 16.8. The first-order chi connectivity index (χ1) is 10.6. The Morgan fingerprint density at radius 2 is 1.95 bits per heavy atom. The molecule has 1 saturated carbocycles. The average Bonchev–Trinajstić information content (AvgIpc) is 2.97. The van der Waals surface area contributed by atoms with E-state index in [-0.39, 0.29) is 17.5 Å². The summed E-state index contributed by atoms with van der Waals surface area (Å²) in [7, 11) is 0. The third kappa shape index (κ3) is 3.80. The predicted octanol–water partition coefficient (Wildman–Crippen LogP) is 2.57. The maximum absolute atomic E-state index is 14.1. The number of carbonyl (C=O) groups excluding carboxylic acids is 1. The molecule has 0 atom stereocenters. The quantitative estimate of drug-likeness (QED) is 0.756. The lowest BCUT2D eigenvalue weighted by Crippen LogP contribution is -2.44. The van der Waals surface area contributed by atoms with Crippen LogP contribution < -0.4 is 5.32 Å². The van der Waals surface area contributed by atoms with Gasteiger partial charge < -0.3 is 10.4 Å². The van der Waals surface area contributed by atoms with Crippen LogP contribution in [0.3, 0.4) is 0 Å². The largest absolute Gasteiger partial charge is 0.481 e. The molecule has 1 aliphatic rings. The van der Waals surface area contributed by atoms with E-state index in [1.54, 1.807) is 18.2 Å². The molecule has 0 saturated heterocycles. The number of benzene rings is 1. The van der Waals surface area contributed by atoms with Gasteiger partial charge in [-0.2, -0.15) is 0 Å². The number of halogens is 1. The van der Waals surface area contributed by atoms with Gasteiger partial charge in [0.05, 0.1) is 11.2 Å². The molecule has 0 heterocycles. The summed E-state index contributed by atoms with van der Waals surface area (Å²) in [5, 5.41) is 11.4. The maximum atomic E-state index is 14.1. The lowest BCUT2D eigenvalue weighted by atomic mass is 9.77. The van der Waals surface area contributed by atoms with Gasteiger partial charge in [-0.05, 0) is 18.9 Å². The van der Waals surface area contributed by atoms with Crippen molar-refractivity contribution >= 4 is 23.6 Å². The molecule has 1 amide bonds. The Bertz CT molecular complexity index is 544. The van der Waals surface area contributed by atoms with Crippen LogP contribution in [0.4, 0.5) is 4.39 Å². The van der Waals surface area contributed by atoms with E-state index in [0.29, 0.717) is 30.7 Å². The van der Waals surface area contributed by atoms with Crippen LogP contribution >= 0.6 is 11.8 Å². The van der Waals surface area contributed by atoms with Gasteiger partial charge in [0.1, 0.15) is 5.82 Å². The van der Waals surface area contributed by atoms with Gasteiger partial charge in [0.25, 0.3) is 0 Å². The Morgan fingerprint density at radius 3 is 2.59 bits per heavy atom. The van der Waals surface area contributed by atoms with Gasteiger partial charge in [0, 0.05) is 17.9 Å². The van der Waals surface area contributed by atoms with Crippen LogP contribution in [0.2, 0.25) is 0 Å². The molecule has 0 spiro atoms. The summed E-state index contributed by atoms with van der Waals surface area (Å²) in [5.41, 5.74) is -0.300. The SMILES string of the molecule is O=C(O)CSCCNC(=O)C1(c2ccccc2F)CCCC1. The zero-order valence-corrected chi connectivity index (χ0v) is 13.1. The normalized spacial score (nSPS) is 16.4. The third-order valence-corrected chi connectivity index (χ3v) is 4.98. The minimum Gasteiger partial charge on any atom is -0.481 e. The fourth-order valence-corrected chi connectivity index (χ4v) is 3.58. The van der Waals surface area contributed by atoms with Gasteiger partial charge in [-0.3, -0.25) is 9.59 Å². The number of aliphatic carboxylic acids is 1. The van der Waals surface area contributed by atoms with Gasteiger partial charge >= 0.3 is 5.97 Å². The first-order valence-electron chi connectivity index (χ1n) is 7.39. The number of carbonyl (C=O) groups is 2. The molecule has 0 aromatic heterocycles. The van der Waals surface area contributed by atoms with Crippen molar-refractivity contribution in [3.8, 4) is 0 Å². The summed E-state index contributed by atoms with van der Waals surface area (Å²) >= 11 is 1.26. The Kier molecular flexibility index (Phi) is 5.83. The van der Waals surface area contributed by atoms with Crippen molar-refractivity contribution in [1.82, 2.24) is 5.32 Å². The Morgan fingerprint density at radius 1 is 1.27 bits per heavy atom. The number of carboxylic acids is 1. The minimum atomic E-state index is -0.866. The van der Waals surface area contributed by atoms with Crippen molar-refractivity contribution in [2.45, 2.75) is 31.1 Å². The molecule has 1 fully saturated rings. The smallest absolute Gasteiger partial charge is 0.313 e. The van der Waals surface area contributed by atoms with Crippen LogP contribution in [0.15, 0.2) is 24.3 Å². The molecule has 120 valence electrons. The van der Waals surface area contributed by atoms with Crippen LogP contribution in [0.5, 0.6) is 0 Å². The Hall–Kier alpha value is -1.56. The average molecular weight is 325 g/mol. The van der Waals surface area contributed by atoms with Crippen molar-refractivity contribution in [1.29, 1.82) is 0 Å². The van der Waals surface area contributed by atoms with E-state index in [1.165, 1.54) is 17.8 Å². The van der Waals surface area contributed by atoms with Gasteiger partial charge in [-0.15, -0.1) is 11.8 Å². The second kappa shape index (κ2) is 7.63. The molecule has 0 radical (unpaired) electrons. The number of amides is 1. The highest BCUT2D eigenvalue weighted by Gasteiger charge is 2.44. The highest BCUT2D eigenvalue weighted by molar-refractivity contribution is 7.99. The molecule has 2 rings (SSSR count). The highest BCUT2D eigenvalue weighted by Crippen LogP contribution is 2.42. The zero-order valence-electron chi connectivity index (χ0n) is 12.3. The predicted molar refractivity (Wildman–Crippen MR) is 84.5 cm³/mol. The molecular weight excluding hydrogens is 305 g/mol. The summed E-state index contributed by atoms with van der Waals surface area (Å²) in [6.07, 6.45) is 3.13. The van der Waals surface area contributed by atoms with Crippen LogP contribution in [0.25, 0.3) is 0 Å². The Labute approximate surface area is 133 Å². The number of nitrogens with one attached hydrogen (secondary N) is 1. The second-order valence-corrected chi connectivity index (χ2v) is 6.58. The molecule has 1 aromatic rings. The van der Waals surface area contributed by atoms with Crippen molar-refractivity contribution in [2.24, 2.45) is 0 Å². The Balaban J connectivity index is 2.00. The van der Waals surface area contributed by atoms with Crippen LogP contribution in [0, 0.1) is 5.82 Å². The fraction of sp³-hybridized carbons (Fsp3) is 0.500. The van der Waals surface area contributed by atoms with E-state index in [2.05, 4.69) is 5.32 Å². The van der Waals surface area contributed by atoms with E-state index in [4.69, 9.17) is 5.11 Å². The molecule has 0 unspecified atom stereocenters. The van der Waals surface area contributed by atoms with Gasteiger partial charge in [0.2, 0.25) is 5.91 Å². The maximum Gasteiger partial charge on any atom is 0.313 e. The summed E-state index contributed by atoms with van der Waals surface area (Å²) in [4.78, 5) is 23.0. The number of thioether (sulfide) groups is 1. The summed E-state index contributed by atoms with van der Waals surface area (Å²) in [6, 6.07) is 6.47. The van der Waals surface area contributed by atoms with Crippen molar-refractivity contribution in [2.75, 3.05) is 18.1 Å². The monoisotopic (exact) mass is 325 g/mol. The molecule has 0 bridgehead atoms. The molecule has 0 aliphatic heterocycles. The molecule has 4 nitrogen and oxygen atoms in total. The number of rotatable bonds is 7. The fourth-order valence-electron chi connectivity index (χ4n) is 3.01. The van der Waals surface area contributed by atoms with Crippen LogP contribution in [0.1, 0.15) is 31.2 Å². The van der Waals surface area contributed by atoms with E-state index in [9.17, 15) is 14.0 Å². The van der Waals surface area contributed by atoms with E-state index in [1.807, 2.05) is 0 Å². The molecule has 1 aliphatic carbocycles. The second-order valence-electron chi connectivity index (χ2n) is 5.47. The summed E-state index contributed by atoms with van der Waals surface area (Å²) in [5.74, 6) is -0.791. The standard InChI is InChI=1S/C16H20FNO3S/c17-13-6-2-1-5-12(13)16(7-3-4-8-16)15(21)18-9-10-22-11-14(19)20/h1-2,5-6H,3-4,7-11H2,(H,18,21)(H,19,20).